The molecule has 0 atom stereocenters. The molecule has 0 heterocycles. The number of phenols is 2. The third kappa shape index (κ3) is 2.33. The maximum atomic E-state index is 10.9. The van der Waals surface area contributed by atoms with Gasteiger partial charge in [-0.2, -0.15) is 0 Å². The molecule has 0 fully saturated rings. The molecule has 0 saturated heterocycles. The van der Waals surface area contributed by atoms with E-state index in [0.29, 0.717) is 11.5 Å². The lowest BCUT2D eigenvalue weighted by atomic mass is 9.80. The molecule has 2 heteroatoms. The highest BCUT2D eigenvalue weighted by Gasteiger charge is 2.36. The van der Waals surface area contributed by atoms with Crippen LogP contribution in [0.2, 0.25) is 0 Å². The molecule has 0 aliphatic heterocycles. The molecule has 1 aliphatic rings. The summed E-state index contributed by atoms with van der Waals surface area (Å²) in [6.07, 6.45) is 0. The van der Waals surface area contributed by atoms with Crippen LogP contribution in [0.1, 0.15) is 25.0 Å². The molecule has 0 spiro atoms. The van der Waals surface area contributed by atoms with Crippen LogP contribution in [0.4, 0.5) is 0 Å². The molecule has 0 radical (unpaired) electrons. The van der Waals surface area contributed by atoms with Crippen LogP contribution < -0.4 is 0 Å². The number of hydrogen-bond acceptors (Lipinski definition) is 2. The fourth-order valence-electron chi connectivity index (χ4n) is 5.88. The van der Waals surface area contributed by atoms with Crippen LogP contribution in [-0.2, 0) is 5.41 Å². The topological polar surface area (TPSA) is 40.5 Å². The summed E-state index contributed by atoms with van der Waals surface area (Å²) in [6.45, 7) is 4.54. The lowest BCUT2D eigenvalue weighted by Crippen LogP contribution is -2.15. The van der Waals surface area contributed by atoms with Crippen molar-refractivity contribution in [2.24, 2.45) is 0 Å². The van der Waals surface area contributed by atoms with Gasteiger partial charge in [0.2, 0.25) is 0 Å². The molecule has 7 rings (SSSR count). The molecule has 6 aromatic rings. The molecule has 0 bridgehead atoms. The van der Waals surface area contributed by atoms with Crippen molar-refractivity contribution in [3.05, 3.63) is 96.1 Å². The van der Waals surface area contributed by atoms with Crippen molar-refractivity contribution in [3.8, 4) is 22.6 Å². The van der Waals surface area contributed by atoms with Crippen LogP contribution in [0.5, 0.6) is 11.5 Å². The minimum atomic E-state index is -0.202. The van der Waals surface area contributed by atoms with Gasteiger partial charge < -0.3 is 10.2 Å². The van der Waals surface area contributed by atoms with E-state index in [1.807, 2.05) is 48.5 Å². The van der Waals surface area contributed by atoms with Crippen LogP contribution in [0.25, 0.3) is 54.2 Å². The van der Waals surface area contributed by atoms with E-state index in [2.05, 4.69) is 50.2 Å². The van der Waals surface area contributed by atoms with Crippen LogP contribution in [0.3, 0.4) is 0 Å². The molecule has 0 aromatic heterocycles. The van der Waals surface area contributed by atoms with Crippen molar-refractivity contribution < 1.29 is 10.2 Å². The third-order valence-corrected chi connectivity index (χ3v) is 7.59. The molecule has 158 valence electrons. The average Bonchev–Trinajstić information content (AvgIpc) is 3.03. The second-order valence-corrected chi connectivity index (χ2v) is 9.75. The maximum Gasteiger partial charge on any atom is 0.124 e. The van der Waals surface area contributed by atoms with E-state index >= 15 is 0 Å². The number of phenolic OH excluding ortho intramolecular Hbond substituents is 2. The zero-order valence-electron chi connectivity index (χ0n) is 18.5. The van der Waals surface area contributed by atoms with Crippen LogP contribution in [0, 0.1) is 0 Å². The lowest BCUT2D eigenvalue weighted by molar-refractivity contribution is 0.482. The Kier molecular flexibility index (Phi) is 3.40. The Hall–Kier alpha value is -4.04. The van der Waals surface area contributed by atoms with Crippen molar-refractivity contribution in [1.29, 1.82) is 0 Å². The monoisotopic (exact) mass is 426 g/mol. The van der Waals surface area contributed by atoms with E-state index in [4.69, 9.17) is 0 Å². The first-order valence-corrected chi connectivity index (χ1v) is 11.3. The molecule has 6 aromatic carbocycles. The highest BCUT2D eigenvalue weighted by atomic mass is 16.3. The van der Waals surface area contributed by atoms with Crippen LogP contribution >= 0.6 is 0 Å². The summed E-state index contributed by atoms with van der Waals surface area (Å²) in [5.74, 6) is 0.597. The summed E-state index contributed by atoms with van der Waals surface area (Å²) >= 11 is 0. The van der Waals surface area contributed by atoms with Gasteiger partial charge in [0, 0.05) is 16.2 Å². The Morgan fingerprint density at radius 2 is 0.909 bits per heavy atom. The first-order valence-electron chi connectivity index (χ1n) is 11.3. The molecule has 2 N–H and O–H groups in total. The Labute approximate surface area is 191 Å². The van der Waals surface area contributed by atoms with E-state index in [9.17, 15) is 10.2 Å². The van der Waals surface area contributed by atoms with E-state index in [0.717, 1.165) is 54.2 Å². The standard InChI is InChI=1S/C31H22O2/c1-31(2)27-15-21-19-9-5-3-7-17(19)11-29(32)25(21)13-23(27)24-14-26-22(16-28(24)31)20-10-6-4-8-18(20)12-30(26)33/h3-16,32-33H,1-2H3. The van der Waals surface area contributed by atoms with Gasteiger partial charge in [-0.3, -0.25) is 0 Å². The highest BCUT2D eigenvalue weighted by Crippen LogP contribution is 2.53. The number of aromatic hydroxyl groups is 2. The lowest BCUT2D eigenvalue weighted by Gasteiger charge is -2.22. The molecular weight excluding hydrogens is 404 g/mol. The van der Waals surface area contributed by atoms with Gasteiger partial charge in [-0.25, -0.2) is 0 Å². The fourth-order valence-corrected chi connectivity index (χ4v) is 5.88. The van der Waals surface area contributed by atoms with Crippen molar-refractivity contribution >= 4 is 43.1 Å². The Morgan fingerprint density at radius 1 is 0.485 bits per heavy atom. The van der Waals surface area contributed by atoms with E-state index in [-0.39, 0.29) is 5.41 Å². The van der Waals surface area contributed by atoms with Crippen molar-refractivity contribution in [2.75, 3.05) is 0 Å². The van der Waals surface area contributed by atoms with Gasteiger partial charge >= 0.3 is 0 Å². The summed E-state index contributed by atoms with van der Waals surface area (Å²) in [4.78, 5) is 0. The minimum Gasteiger partial charge on any atom is -0.507 e. The first kappa shape index (κ1) is 18.5. The fraction of sp³-hybridized carbons (Fsp3) is 0.0968. The zero-order valence-corrected chi connectivity index (χ0v) is 18.5. The van der Waals surface area contributed by atoms with Crippen molar-refractivity contribution in [1.82, 2.24) is 0 Å². The maximum absolute atomic E-state index is 10.9. The highest BCUT2D eigenvalue weighted by molar-refractivity contribution is 6.15. The second kappa shape index (κ2) is 6.05. The van der Waals surface area contributed by atoms with Crippen molar-refractivity contribution in [2.45, 2.75) is 19.3 Å². The zero-order chi connectivity index (χ0) is 22.5. The molecule has 33 heavy (non-hydrogen) atoms. The summed E-state index contributed by atoms with van der Waals surface area (Å²) in [5.41, 5.74) is 4.55. The number of fused-ring (bicyclic) bond motifs is 9. The number of hydrogen-bond donors (Lipinski definition) is 2. The summed E-state index contributed by atoms with van der Waals surface area (Å²) < 4.78 is 0. The third-order valence-electron chi connectivity index (χ3n) is 7.59. The van der Waals surface area contributed by atoms with Gasteiger partial charge in [0.05, 0.1) is 0 Å². The van der Waals surface area contributed by atoms with Gasteiger partial charge in [-0.1, -0.05) is 62.4 Å². The quantitative estimate of drug-likeness (QED) is 0.241. The molecular formula is C31H22O2. The second-order valence-electron chi connectivity index (χ2n) is 9.75. The number of benzene rings is 6. The van der Waals surface area contributed by atoms with E-state index < -0.39 is 0 Å². The van der Waals surface area contributed by atoms with Crippen molar-refractivity contribution in [3.63, 3.8) is 0 Å². The predicted octanol–water partition coefficient (Wildman–Crippen LogP) is 8.02. The SMILES string of the molecule is CC1(C)c2cc3c(cc2-c2cc4c(O)cc5ccccc5c4cc21)c(O)cc1ccccc13. The van der Waals surface area contributed by atoms with Gasteiger partial charge in [0.25, 0.3) is 0 Å². The first-order chi connectivity index (χ1) is 15.9. The van der Waals surface area contributed by atoms with Crippen LogP contribution in [0.15, 0.2) is 84.9 Å². The van der Waals surface area contributed by atoms with Crippen LogP contribution in [-0.4, -0.2) is 10.2 Å². The summed E-state index contributed by atoms with van der Waals surface area (Å²) in [5, 5.41) is 30.0. The van der Waals surface area contributed by atoms with Gasteiger partial charge in [0.1, 0.15) is 11.5 Å². The number of rotatable bonds is 0. The van der Waals surface area contributed by atoms with Gasteiger partial charge in [-0.05, 0) is 91.0 Å². The summed E-state index contributed by atoms with van der Waals surface area (Å²) in [7, 11) is 0. The largest absolute Gasteiger partial charge is 0.507 e. The molecule has 0 saturated carbocycles. The molecule has 2 nitrogen and oxygen atoms in total. The normalized spacial score (nSPS) is 14.2. The smallest absolute Gasteiger partial charge is 0.124 e. The molecule has 0 unspecified atom stereocenters. The van der Waals surface area contributed by atoms with Gasteiger partial charge in [0.15, 0.2) is 0 Å². The average molecular weight is 427 g/mol. The Balaban J connectivity index is 1.62. The van der Waals surface area contributed by atoms with E-state index in [1.54, 1.807) is 0 Å². The molecule has 1 aliphatic carbocycles. The minimum absolute atomic E-state index is 0.202. The van der Waals surface area contributed by atoms with Gasteiger partial charge in [-0.15, -0.1) is 0 Å². The molecule has 0 amide bonds. The predicted molar refractivity (Wildman–Crippen MR) is 137 cm³/mol. The summed E-state index contributed by atoms with van der Waals surface area (Å²) in [6, 6.07) is 28.9. The Bertz CT molecular complexity index is 1680. The van der Waals surface area contributed by atoms with E-state index in [1.165, 1.54) is 11.1 Å². The Morgan fingerprint density at radius 3 is 1.36 bits per heavy atom.